The van der Waals surface area contributed by atoms with E-state index in [1.807, 2.05) is 24.3 Å². The number of fused-ring (bicyclic) bond motifs is 2. The van der Waals surface area contributed by atoms with E-state index in [9.17, 15) is 22.8 Å². The van der Waals surface area contributed by atoms with Crippen LogP contribution in [0.5, 0.6) is 0 Å². The van der Waals surface area contributed by atoms with Gasteiger partial charge in [0.05, 0.1) is 4.90 Å². The number of urea groups is 1. The highest BCUT2D eigenvalue weighted by Crippen LogP contribution is 2.41. The Labute approximate surface area is 199 Å². The molecule has 1 fully saturated rings. The molecule has 1 heterocycles. The zero-order chi connectivity index (χ0) is 24.7. The third-order valence-electron chi connectivity index (χ3n) is 6.52. The fourth-order valence-electron chi connectivity index (χ4n) is 4.74. The Morgan fingerprint density at radius 2 is 1.85 bits per heavy atom. The van der Waals surface area contributed by atoms with E-state index in [0.29, 0.717) is 31.5 Å². The number of carbonyl (C=O) groups is 3. The lowest BCUT2D eigenvalue weighted by Gasteiger charge is -2.22. The molecule has 2 N–H and O–H groups in total. The quantitative estimate of drug-likeness (QED) is 0.586. The van der Waals surface area contributed by atoms with Crippen LogP contribution < -0.4 is 10.6 Å². The molecule has 1 unspecified atom stereocenters. The SMILES string of the molecule is CCN(CC)S(=O)(=O)c1cc(NC(=O)CN2C(=O)NC3(CCc4ccccc43)C2=O)ccc1C. The number of nitrogens with zero attached hydrogens (tertiary/aromatic N) is 2. The summed E-state index contributed by atoms with van der Waals surface area (Å²) in [7, 11) is -3.72. The molecule has 0 aromatic heterocycles. The van der Waals surface area contributed by atoms with E-state index in [1.165, 1.54) is 10.4 Å². The molecule has 0 saturated carbocycles. The molecule has 4 amide bonds. The number of amides is 4. The van der Waals surface area contributed by atoms with Gasteiger partial charge in [0, 0.05) is 18.8 Å². The summed E-state index contributed by atoms with van der Waals surface area (Å²) in [6, 6.07) is 11.5. The van der Waals surface area contributed by atoms with Gasteiger partial charge in [-0.2, -0.15) is 4.31 Å². The Balaban J connectivity index is 1.52. The third kappa shape index (κ3) is 3.86. The highest BCUT2D eigenvalue weighted by Gasteiger charge is 2.55. The first kappa shape index (κ1) is 23.9. The monoisotopic (exact) mass is 484 g/mol. The van der Waals surface area contributed by atoms with E-state index >= 15 is 0 Å². The topological polar surface area (TPSA) is 116 Å². The second-order valence-corrected chi connectivity index (χ2v) is 10.4. The van der Waals surface area contributed by atoms with Gasteiger partial charge in [-0.15, -0.1) is 0 Å². The first-order valence-electron chi connectivity index (χ1n) is 11.3. The van der Waals surface area contributed by atoms with Crippen molar-refractivity contribution in [3.63, 3.8) is 0 Å². The second-order valence-electron chi connectivity index (χ2n) is 8.50. The maximum atomic E-state index is 13.2. The summed E-state index contributed by atoms with van der Waals surface area (Å²) < 4.78 is 27.3. The minimum Gasteiger partial charge on any atom is -0.324 e. The molecular weight excluding hydrogens is 456 g/mol. The summed E-state index contributed by atoms with van der Waals surface area (Å²) in [5.74, 6) is -1.05. The maximum absolute atomic E-state index is 13.2. The van der Waals surface area contributed by atoms with Crippen molar-refractivity contribution >= 4 is 33.6 Å². The summed E-state index contributed by atoms with van der Waals surface area (Å²) >= 11 is 0. The number of anilines is 1. The molecule has 1 aliphatic heterocycles. The van der Waals surface area contributed by atoms with Crippen LogP contribution in [0.3, 0.4) is 0 Å². The van der Waals surface area contributed by atoms with Crippen molar-refractivity contribution in [2.45, 2.75) is 44.0 Å². The van der Waals surface area contributed by atoms with E-state index in [2.05, 4.69) is 10.6 Å². The number of rotatable bonds is 7. The molecule has 4 rings (SSSR count). The number of nitrogens with one attached hydrogen (secondary N) is 2. The Morgan fingerprint density at radius 1 is 1.15 bits per heavy atom. The number of hydrogen-bond donors (Lipinski definition) is 2. The maximum Gasteiger partial charge on any atom is 0.325 e. The predicted molar refractivity (Wildman–Crippen MR) is 127 cm³/mol. The predicted octanol–water partition coefficient (Wildman–Crippen LogP) is 2.36. The second kappa shape index (κ2) is 8.84. The van der Waals surface area contributed by atoms with Gasteiger partial charge in [0.25, 0.3) is 5.91 Å². The van der Waals surface area contributed by atoms with Crippen molar-refractivity contribution in [3.05, 3.63) is 59.2 Å². The van der Waals surface area contributed by atoms with Gasteiger partial charge in [0.2, 0.25) is 15.9 Å². The summed E-state index contributed by atoms with van der Waals surface area (Å²) in [5, 5.41) is 5.42. The summed E-state index contributed by atoms with van der Waals surface area (Å²) in [4.78, 5) is 39.7. The van der Waals surface area contributed by atoms with E-state index in [1.54, 1.807) is 32.9 Å². The van der Waals surface area contributed by atoms with Gasteiger partial charge in [-0.1, -0.05) is 44.2 Å². The molecule has 0 radical (unpaired) electrons. The molecule has 1 spiro atoms. The van der Waals surface area contributed by atoms with Crippen LogP contribution in [0.1, 0.15) is 37.0 Å². The van der Waals surface area contributed by atoms with Gasteiger partial charge in [-0.3, -0.25) is 14.5 Å². The number of imide groups is 1. The van der Waals surface area contributed by atoms with Crippen molar-refractivity contribution < 1.29 is 22.8 Å². The lowest BCUT2D eigenvalue weighted by molar-refractivity contribution is -0.134. The van der Waals surface area contributed by atoms with Crippen LogP contribution >= 0.6 is 0 Å². The van der Waals surface area contributed by atoms with E-state index in [0.717, 1.165) is 16.0 Å². The van der Waals surface area contributed by atoms with Crippen LogP contribution in [0, 0.1) is 6.92 Å². The van der Waals surface area contributed by atoms with Crippen LogP contribution in [0.4, 0.5) is 10.5 Å². The van der Waals surface area contributed by atoms with Crippen LogP contribution in [0.25, 0.3) is 0 Å². The minimum absolute atomic E-state index is 0.102. The summed E-state index contributed by atoms with van der Waals surface area (Å²) in [6.45, 7) is 5.39. The molecule has 10 heteroatoms. The Kier molecular flexibility index (Phi) is 6.22. The van der Waals surface area contributed by atoms with Crippen molar-refractivity contribution in [1.29, 1.82) is 0 Å². The van der Waals surface area contributed by atoms with E-state index in [4.69, 9.17) is 0 Å². The minimum atomic E-state index is -3.72. The Bertz CT molecular complexity index is 1270. The molecule has 1 saturated heterocycles. The largest absolute Gasteiger partial charge is 0.325 e. The number of aryl methyl sites for hydroxylation is 2. The molecule has 2 aromatic carbocycles. The van der Waals surface area contributed by atoms with Crippen molar-refractivity contribution in [1.82, 2.24) is 14.5 Å². The summed E-state index contributed by atoms with van der Waals surface area (Å²) in [6.07, 6.45) is 1.11. The van der Waals surface area contributed by atoms with E-state index in [-0.39, 0.29) is 10.6 Å². The third-order valence-corrected chi connectivity index (χ3v) is 8.71. The Hall–Kier alpha value is -3.24. The Morgan fingerprint density at radius 3 is 2.56 bits per heavy atom. The van der Waals surface area contributed by atoms with Crippen LogP contribution in [0.15, 0.2) is 47.4 Å². The number of carbonyl (C=O) groups excluding carboxylic acids is 3. The molecule has 34 heavy (non-hydrogen) atoms. The highest BCUT2D eigenvalue weighted by molar-refractivity contribution is 7.89. The zero-order valence-corrected chi connectivity index (χ0v) is 20.2. The molecule has 9 nitrogen and oxygen atoms in total. The fourth-order valence-corrected chi connectivity index (χ4v) is 6.44. The highest BCUT2D eigenvalue weighted by atomic mass is 32.2. The van der Waals surface area contributed by atoms with Gasteiger partial charge in [0.1, 0.15) is 12.1 Å². The van der Waals surface area contributed by atoms with Crippen molar-refractivity contribution in [2.75, 3.05) is 25.0 Å². The summed E-state index contributed by atoms with van der Waals surface area (Å²) in [5.41, 5.74) is 1.46. The van der Waals surface area contributed by atoms with Crippen LogP contribution in [0.2, 0.25) is 0 Å². The van der Waals surface area contributed by atoms with Crippen molar-refractivity contribution in [3.8, 4) is 0 Å². The van der Waals surface area contributed by atoms with Gasteiger partial charge < -0.3 is 10.6 Å². The zero-order valence-electron chi connectivity index (χ0n) is 19.4. The molecule has 2 aromatic rings. The molecule has 1 atom stereocenters. The number of sulfonamides is 1. The lowest BCUT2D eigenvalue weighted by Crippen LogP contribution is -2.43. The van der Waals surface area contributed by atoms with Crippen molar-refractivity contribution in [2.24, 2.45) is 0 Å². The van der Waals surface area contributed by atoms with Gasteiger partial charge >= 0.3 is 6.03 Å². The average Bonchev–Trinajstić information content (AvgIpc) is 3.28. The van der Waals surface area contributed by atoms with Crippen LogP contribution in [-0.2, 0) is 31.6 Å². The smallest absolute Gasteiger partial charge is 0.324 e. The van der Waals surface area contributed by atoms with Gasteiger partial charge in [0.15, 0.2) is 0 Å². The molecule has 180 valence electrons. The van der Waals surface area contributed by atoms with Gasteiger partial charge in [-0.05, 0) is 48.6 Å². The van der Waals surface area contributed by atoms with E-state index < -0.39 is 40.0 Å². The van der Waals surface area contributed by atoms with Crippen LogP contribution in [-0.4, -0.2) is 55.1 Å². The molecule has 1 aliphatic carbocycles. The number of hydrogen-bond acceptors (Lipinski definition) is 5. The first-order chi connectivity index (χ1) is 16.1. The first-order valence-corrected chi connectivity index (χ1v) is 12.7. The lowest BCUT2D eigenvalue weighted by atomic mass is 9.92. The average molecular weight is 485 g/mol. The molecular formula is C24H28N4O5S. The fraction of sp³-hybridized carbons (Fsp3) is 0.375. The normalized spacial score (nSPS) is 19.6. The number of benzene rings is 2. The molecule has 2 aliphatic rings. The molecule has 0 bridgehead atoms. The van der Waals surface area contributed by atoms with Gasteiger partial charge in [-0.25, -0.2) is 13.2 Å². The standard InChI is InChI=1S/C24H28N4O5S/c1-4-27(5-2)34(32,33)20-14-18(11-10-16(20)3)25-21(29)15-28-22(30)24(26-23(28)31)13-12-17-8-6-7-9-19(17)24/h6-11,14H,4-5,12-13,15H2,1-3H3,(H,25,29)(H,26,31).